The molecule has 0 amide bonds. The van der Waals surface area contributed by atoms with Gasteiger partial charge in [0.25, 0.3) is 0 Å². The number of aliphatic hydroxyl groups is 1. The molecule has 0 radical (unpaired) electrons. The lowest BCUT2D eigenvalue weighted by atomic mass is 9.99. The summed E-state index contributed by atoms with van der Waals surface area (Å²) in [7, 11) is 0. The van der Waals surface area contributed by atoms with Crippen LogP contribution in [0, 0.1) is 12.8 Å². The van der Waals surface area contributed by atoms with E-state index in [2.05, 4.69) is 0 Å². The Labute approximate surface area is 98.8 Å². The SMILES string of the molecule is Cc1ccc(C(O)CC(C)C)cc1S(=O)O. The van der Waals surface area contributed by atoms with Gasteiger partial charge in [-0.15, -0.1) is 0 Å². The summed E-state index contributed by atoms with van der Waals surface area (Å²) in [6, 6.07) is 5.18. The fourth-order valence-corrected chi connectivity index (χ4v) is 2.18. The van der Waals surface area contributed by atoms with Crippen molar-refractivity contribution < 1.29 is 13.9 Å². The molecule has 1 rings (SSSR count). The molecular formula is C12H18O3S. The van der Waals surface area contributed by atoms with E-state index in [9.17, 15) is 9.32 Å². The first-order chi connectivity index (χ1) is 7.41. The second-order valence-electron chi connectivity index (χ2n) is 4.42. The number of benzene rings is 1. The summed E-state index contributed by atoms with van der Waals surface area (Å²) in [5.74, 6) is 0.388. The smallest absolute Gasteiger partial charge is 0.186 e. The molecule has 0 bridgehead atoms. The zero-order chi connectivity index (χ0) is 12.3. The van der Waals surface area contributed by atoms with Crippen LogP contribution in [0.1, 0.15) is 37.5 Å². The van der Waals surface area contributed by atoms with E-state index < -0.39 is 17.2 Å². The number of rotatable bonds is 4. The van der Waals surface area contributed by atoms with Crippen LogP contribution in [0.25, 0.3) is 0 Å². The minimum absolute atomic E-state index is 0.375. The van der Waals surface area contributed by atoms with Gasteiger partial charge in [0, 0.05) is 0 Å². The quantitative estimate of drug-likeness (QED) is 0.798. The average molecular weight is 242 g/mol. The van der Waals surface area contributed by atoms with Crippen molar-refractivity contribution in [2.75, 3.05) is 0 Å². The highest BCUT2D eigenvalue weighted by molar-refractivity contribution is 7.79. The number of aliphatic hydroxyl groups excluding tert-OH is 1. The second-order valence-corrected chi connectivity index (χ2v) is 5.36. The molecule has 90 valence electrons. The van der Waals surface area contributed by atoms with Crippen LogP contribution in [-0.2, 0) is 11.1 Å². The van der Waals surface area contributed by atoms with E-state index in [1.165, 1.54) is 0 Å². The van der Waals surface area contributed by atoms with Gasteiger partial charge in [0.15, 0.2) is 11.1 Å². The average Bonchev–Trinajstić information content (AvgIpc) is 2.16. The molecule has 0 aliphatic rings. The van der Waals surface area contributed by atoms with Gasteiger partial charge < -0.3 is 9.66 Å². The van der Waals surface area contributed by atoms with Gasteiger partial charge >= 0.3 is 0 Å². The molecule has 3 nitrogen and oxygen atoms in total. The third-order valence-corrected chi connectivity index (χ3v) is 3.30. The Balaban J connectivity index is 2.98. The van der Waals surface area contributed by atoms with Crippen molar-refractivity contribution in [3.8, 4) is 0 Å². The van der Waals surface area contributed by atoms with Crippen LogP contribution in [0.15, 0.2) is 23.1 Å². The summed E-state index contributed by atoms with van der Waals surface area (Å²) in [5.41, 5.74) is 1.47. The van der Waals surface area contributed by atoms with Gasteiger partial charge in [-0.05, 0) is 36.5 Å². The minimum atomic E-state index is -1.99. The van der Waals surface area contributed by atoms with Crippen LogP contribution in [-0.4, -0.2) is 13.9 Å². The van der Waals surface area contributed by atoms with Crippen molar-refractivity contribution in [3.63, 3.8) is 0 Å². The van der Waals surface area contributed by atoms with Crippen molar-refractivity contribution in [3.05, 3.63) is 29.3 Å². The summed E-state index contributed by atoms with van der Waals surface area (Å²) in [5, 5.41) is 9.91. The van der Waals surface area contributed by atoms with Crippen LogP contribution in [0.5, 0.6) is 0 Å². The molecule has 0 spiro atoms. The van der Waals surface area contributed by atoms with E-state index in [4.69, 9.17) is 4.55 Å². The molecule has 0 saturated carbocycles. The third kappa shape index (κ3) is 3.40. The van der Waals surface area contributed by atoms with Crippen LogP contribution in [0.4, 0.5) is 0 Å². The van der Waals surface area contributed by atoms with E-state index in [1.54, 1.807) is 25.1 Å². The van der Waals surface area contributed by atoms with Crippen LogP contribution in [0.3, 0.4) is 0 Å². The maximum atomic E-state index is 11.0. The molecule has 4 heteroatoms. The predicted molar refractivity (Wildman–Crippen MR) is 64.6 cm³/mol. The van der Waals surface area contributed by atoms with Crippen LogP contribution < -0.4 is 0 Å². The predicted octanol–water partition coefficient (Wildman–Crippen LogP) is 2.66. The summed E-state index contributed by atoms with van der Waals surface area (Å²) in [6.45, 7) is 5.84. The Bertz CT molecular complexity index is 388. The maximum Gasteiger partial charge on any atom is 0.186 e. The third-order valence-electron chi connectivity index (χ3n) is 2.48. The molecule has 0 aromatic heterocycles. The lowest BCUT2D eigenvalue weighted by Gasteiger charge is -2.14. The number of hydrogen-bond donors (Lipinski definition) is 2. The maximum absolute atomic E-state index is 11.0. The van der Waals surface area contributed by atoms with E-state index in [1.807, 2.05) is 13.8 Å². The summed E-state index contributed by atoms with van der Waals surface area (Å²) in [6.07, 6.45) is 0.0866. The summed E-state index contributed by atoms with van der Waals surface area (Å²) in [4.78, 5) is 0.375. The molecule has 0 aliphatic carbocycles. The van der Waals surface area contributed by atoms with Gasteiger partial charge in [-0.3, -0.25) is 0 Å². The van der Waals surface area contributed by atoms with Crippen molar-refractivity contribution >= 4 is 11.1 Å². The Morgan fingerprint density at radius 1 is 1.38 bits per heavy atom. The molecule has 1 aromatic rings. The molecule has 0 aliphatic heterocycles. The molecule has 2 unspecified atom stereocenters. The Kier molecular flexibility index (Phi) is 4.65. The van der Waals surface area contributed by atoms with Crippen molar-refractivity contribution in [2.45, 2.75) is 38.2 Å². The van der Waals surface area contributed by atoms with E-state index in [-0.39, 0.29) is 0 Å². The first-order valence-electron chi connectivity index (χ1n) is 5.31. The highest BCUT2D eigenvalue weighted by Crippen LogP contribution is 2.24. The molecular weight excluding hydrogens is 224 g/mol. The van der Waals surface area contributed by atoms with Gasteiger partial charge in [-0.1, -0.05) is 26.0 Å². The van der Waals surface area contributed by atoms with E-state index >= 15 is 0 Å². The first kappa shape index (κ1) is 13.4. The molecule has 0 saturated heterocycles. The van der Waals surface area contributed by atoms with Crippen molar-refractivity contribution in [2.24, 2.45) is 5.92 Å². The van der Waals surface area contributed by atoms with E-state index in [0.29, 0.717) is 22.8 Å². The second kappa shape index (κ2) is 5.57. The summed E-state index contributed by atoms with van der Waals surface area (Å²) < 4.78 is 20.1. The zero-order valence-electron chi connectivity index (χ0n) is 9.80. The minimum Gasteiger partial charge on any atom is -0.388 e. The highest BCUT2D eigenvalue weighted by Gasteiger charge is 2.13. The van der Waals surface area contributed by atoms with Crippen molar-refractivity contribution in [1.29, 1.82) is 0 Å². The van der Waals surface area contributed by atoms with Gasteiger partial charge in [-0.25, -0.2) is 4.21 Å². The zero-order valence-corrected chi connectivity index (χ0v) is 10.6. The lowest BCUT2D eigenvalue weighted by Crippen LogP contribution is -2.03. The molecule has 16 heavy (non-hydrogen) atoms. The largest absolute Gasteiger partial charge is 0.388 e. The standard InChI is InChI=1S/C12H18O3S/c1-8(2)6-11(13)10-5-4-9(3)12(7-10)16(14)15/h4-5,7-8,11,13H,6H2,1-3H3,(H,14,15). The van der Waals surface area contributed by atoms with Crippen molar-refractivity contribution in [1.82, 2.24) is 0 Å². The number of hydrogen-bond acceptors (Lipinski definition) is 2. The Morgan fingerprint density at radius 3 is 2.50 bits per heavy atom. The molecule has 1 aromatic carbocycles. The topological polar surface area (TPSA) is 57.5 Å². The van der Waals surface area contributed by atoms with Gasteiger partial charge in [0.2, 0.25) is 0 Å². The Morgan fingerprint density at radius 2 is 2.00 bits per heavy atom. The van der Waals surface area contributed by atoms with Crippen LogP contribution >= 0.6 is 0 Å². The molecule has 0 heterocycles. The fraction of sp³-hybridized carbons (Fsp3) is 0.500. The van der Waals surface area contributed by atoms with Crippen LogP contribution in [0.2, 0.25) is 0 Å². The Hall–Kier alpha value is -0.710. The summed E-state index contributed by atoms with van der Waals surface area (Å²) >= 11 is -1.99. The lowest BCUT2D eigenvalue weighted by molar-refractivity contribution is 0.151. The van der Waals surface area contributed by atoms with E-state index in [0.717, 1.165) is 5.56 Å². The monoisotopic (exact) mass is 242 g/mol. The fourth-order valence-electron chi connectivity index (χ4n) is 1.59. The normalized spacial score (nSPS) is 15.1. The highest BCUT2D eigenvalue weighted by atomic mass is 32.2. The molecule has 2 N–H and O–H groups in total. The van der Waals surface area contributed by atoms with Gasteiger partial charge in [-0.2, -0.15) is 0 Å². The molecule has 2 atom stereocenters. The number of aryl methyl sites for hydroxylation is 1. The molecule has 0 fully saturated rings. The van der Waals surface area contributed by atoms with Gasteiger partial charge in [0.1, 0.15) is 0 Å². The first-order valence-corrected chi connectivity index (χ1v) is 6.42. The van der Waals surface area contributed by atoms with Gasteiger partial charge in [0.05, 0.1) is 11.0 Å².